The van der Waals surface area contributed by atoms with E-state index in [0.29, 0.717) is 0 Å². The molecule has 0 saturated heterocycles. The van der Waals surface area contributed by atoms with E-state index in [2.05, 4.69) is 6.07 Å². The Morgan fingerprint density at radius 3 is 1.70 bits per heavy atom. The van der Waals surface area contributed by atoms with Crippen LogP contribution in [0.15, 0.2) is 78.9 Å². The van der Waals surface area contributed by atoms with Gasteiger partial charge in [0, 0.05) is 11.1 Å². The molecule has 0 radical (unpaired) electrons. The highest BCUT2D eigenvalue weighted by molar-refractivity contribution is 6.06. The minimum atomic E-state index is 0.254. The molecule has 0 saturated carbocycles. The van der Waals surface area contributed by atoms with Gasteiger partial charge in [-0.2, -0.15) is 0 Å². The molecule has 0 atom stereocenters. The molecule has 0 spiro atoms. The van der Waals surface area contributed by atoms with Crippen molar-refractivity contribution < 1.29 is 14.6 Å². The molecule has 3 heteroatoms. The monoisotopic (exact) mass is 356 g/mol. The standard InChI is InChI=1S/C24H20O3/c1-26-19-11-7-16(8-12-19)23-21-6-4-3-5-18(21)15-22(25)24(23)17-9-13-20(27-2)14-10-17/h3-15,25H,1-2H3. The van der Waals surface area contributed by atoms with E-state index in [0.717, 1.165) is 44.5 Å². The van der Waals surface area contributed by atoms with E-state index in [9.17, 15) is 5.11 Å². The molecule has 134 valence electrons. The summed E-state index contributed by atoms with van der Waals surface area (Å²) in [5.41, 5.74) is 3.76. The summed E-state index contributed by atoms with van der Waals surface area (Å²) in [5.74, 6) is 1.84. The van der Waals surface area contributed by atoms with Gasteiger partial charge in [0.2, 0.25) is 0 Å². The molecule has 0 fully saturated rings. The highest BCUT2D eigenvalue weighted by Gasteiger charge is 2.16. The number of methoxy groups -OCH3 is 2. The number of phenolic OH excluding ortho intramolecular Hbond substituents is 1. The van der Waals surface area contributed by atoms with Crippen LogP contribution in [0.1, 0.15) is 0 Å². The lowest BCUT2D eigenvalue weighted by atomic mass is 9.89. The quantitative estimate of drug-likeness (QED) is 0.495. The van der Waals surface area contributed by atoms with Crippen molar-refractivity contribution in [3.63, 3.8) is 0 Å². The number of benzene rings is 4. The van der Waals surface area contributed by atoms with Crippen LogP contribution >= 0.6 is 0 Å². The predicted octanol–water partition coefficient (Wildman–Crippen LogP) is 5.90. The molecular formula is C24H20O3. The molecule has 4 rings (SSSR count). The molecule has 27 heavy (non-hydrogen) atoms. The largest absolute Gasteiger partial charge is 0.507 e. The van der Waals surface area contributed by atoms with Crippen molar-refractivity contribution in [2.75, 3.05) is 14.2 Å². The fourth-order valence-corrected chi connectivity index (χ4v) is 3.44. The van der Waals surface area contributed by atoms with Gasteiger partial charge in [-0.1, -0.05) is 48.5 Å². The molecule has 0 unspecified atom stereocenters. The summed E-state index contributed by atoms with van der Waals surface area (Å²) in [6.45, 7) is 0. The third-order valence-corrected chi connectivity index (χ3v) is 4.79. The predicted molar refractivity (Wildman–Crippen MR) is 110 cm³/mol. The zero-order chi connectivity index (χ0) is 18.8. The fourth-order valence-electron chi connectivity index (χ4n) is 3.44. The number of phenols is 1. The molecule has 0 aromatic heterocycles. The van der Waals surface area contributed by atoms with Crippen LogP contribution in [0.2, 0.25) is 0 Å². The van der Waals surface area contributed by atoms with E-state index >= 15 is 0 Å². The SMILES string of the molecule is COc1ccc(-c2c(O)cc3ccccc3c2-c2ccc(OC)cc2)cc1. The Bertz CT molecular complexity index is 1080. The van der Waals surface area contributed by atoms with Gasteiger partial charge >= 0.3 is 0 Å². The fraction of sp³-hybridized carbons (Fsp3) is 0.0833. The van der Waals surface area contributed by atoms with Crippen molar-refractivity contribution in [2.24, 2.45) is 0 Å². The number of ether oxygens (including phenoxy) is 2. The summed E-state index contributed by atoms with van der Waals surface area (Å²) in [6.07, 6.45) is 0. The van der Waals surface area contributed by atoms with Crippen LogP contribution in [0.25, 0.3) is 33.0 Å². The molecule has 4 aromatic rings. The average molecular weight is 356 g/mol. The Morgan fingerprint density at radius 1 is 0.630 bits per heavy atom. The average Bonchev–Trinajstić information content (AvgIpc) is 2.73. The van der Waals surface area contributed by atoms with Gasteiger partial charge in [-0.15, -0.1) is 0 Å². The Labute approximate surface area is 158 Å². The molecule has 1 N–H and O–H groups in total. The van der Waals surface area contributed by atoms with Gasteiger partial charge in [0.1, 0.15) is 17.2 Å². The maximum atomic E-state index is 10.9. The van der Waals surface area contributed by atoms with Crippen LogP contribution in [-0.4, -0.2) is 19.3 Å². The van der Waals surface area contributed by atoms with Gasteiger partial charge in [-0.3, -0.25) is 0 Å². The molecule has 3 nitrogen and oxygen atoms in total. The number of fused-ring (bicyclic) bond motifs is 1. The number of aromatic hydroxyl groups is 1. The maximum Gasteiger partial charge on any atom is 0.124 e. The third kappa shape index (κ3) is 3.08. The smallest absolute Gasteiger partial charge is 0.124 e. The van der Waals surface area contributed by atoms with Crippen LogP contribution in [0.3, 0.4) is 0 Å². The Kier molecular flexibility index (Phi) is 4.43. The molecule has 4 aromatic carbocycles. The zero-order valence-corrected chi connectivity index (χ0v) is 15.3. The van der Waals surface area contributed by atoms with Crippen molar-refractivity contribution >= 4 is 10.8 Å². The first-order valence-corrected chi connectivity index (χ1v) is 8.75. The first-order chi connectivity index (χ1) is 13.2. The van der Waals surface area contributed by atoms with Crippen molar-refractivity contribution in [3.05, 3.63) is 78.9 Å². The number of hydrogen-bond donors (Lipinski definition) is 1. The van der Waals surface area contributed by atoms with Gasteiger partial charge < -0.3 is 14.6 Å². The first-order valence-electron chi connectivity index (χ1n) is 8.75. The zero-order valence-electron chi connectivity index (χ0n) is 15.3. The van der Waals surface area contributed by atoms with Gasteiger partial charge in [-0.05, 0) is 52.2 Å². The Hall–Kier alpha value is -3.46. The lowest BCUT2D eigenvalue weighted by molar-refractivity contribution is 0.414. The van der Waals surface area contributed by atoms with Crippen LogP contribution < -0.4 is 9.47 Å². The number of rotatable bonds is 4. The molecule has 0 heterocycles. The van der Waals surface area contributed by atoms with Gasteiger partial charge in [-0.25, -0.2) is 0 Å². The van der Waals surface area contributed by atoms with E-state index in [1.807, 2.05) is 72.8 Å². The van der Waals surface area contributed by atoms with Crippen molar-refractivity contribution in [2.45, 2.75) is 0 Å². The van der Waals surface area contributed by atoms with Crippen LogP contribution in [-0.2, 0) is 0 Å². The lowest BCUT2D eigenvalue weighted by Crippen LogP contribution is -1.90. The summed E-state index contributed by atoms with van der Waals surface area (Å²) in [7, 11) is 3.30. The molecule has 0 aliphatic heterocycles. The highest BCUT2D eigenvalue weighted by Crippen LogP contribution is 2.44. The van der Waals surface area contributed by atoms with E-state index < -0.39 is 0 Å². The van der Waals surface area contributed by atoms with Crippen LogP contribution in [0.5, 0.6) is 17.2 Å². The molecule has 0 amide bonds. The molecule has 0 aliphatic carbocycles. The van der Waals surface area contributed by atoms with E-state index in [4.69, 9.17) is 9.47 Å². The third-order valence-electron chi connectivity index (χ3n) is 4.79. The Morgan fingerprint density at radius 2 is 1.15 bits per heavy atom. The van der Waals surface area contributed by atoms with Crippen molar-refractivity contribution in [1.29, 1.82) is 0 Å². The van der Waals surface area contributed by atoms with Gasteiger partial charge in [0.05, 0.1) is 14.2 Å². The van der Waals surface area contributed by atoms with E-state index in [-0.39, 0.29) is 5.75 Å². The second kappa shape index (κ2) is 7.04. The number of hydrogen-bond acceptors (Lipinski definition) is 3. The van der Waals surface area contributed by atoms with E-state index in [1.165, 1.54) is 0 Å². The van der Waals surface area contributed by atoms with Crippen molar-refractivity contribution in [3.8, 4) is 39.5 Å². The van der Waals surface area contributed by atoms with E-state index in [1.54, 1.807) is 14.2 Å². The summed E-state index contributed by atoms with van der Waals surface area (Å²) >= 11 is 0. The van der Waals surface area contributed by atoms with Gasteiger partial charge in [0.15, 0.2) is 0 Å². The minimum absolute atomic E-state index is 0.254. The van der Waals surface area contributed by atoms with Gasteiger partial charge in [0.25, 0.3) is 0 Å². The molecule has 0 bridgehead atoms. The lowest BCUT2D eigenvalue weighted by Gasteiger charge is -2.16. The highest BCUT2D eigenvalue weighted by atomic mass is 16.5. The van der Waals surface area contributed by atoms with Crippen LogP contribution in [0, 0.1) is 0 Å². The summed E-state index contributed by atoms with van der Waals surface area (Å²) < 4.78 is 10.6. The molecule has 0 aliphatic rings. The van der Waals surface area contributed by atoms with Crippen LogP contribution in [0.4, 0.5) is 0 Å². The second-order valence-electron chi connectivity index (χ2n) is 6.32. The van der Waals surface area contributed by atoms with Crippen molar-refractivity contribution in [1.82, 2.24) is 0 Å². The first kappa shape index (κ1) is 17.0. The summed E-state index contributed by atoms with van der Waals surface area (Å²) in [4.78, 5) is 0. The summed E-state index contributed by atoms with van der Waals surface area (Å²) in [6, 6.07) is 25.6. The topological polar surface area (TPSA) is 38.7 Å². The second-order valence-corrected chi connectivity index (χ2v) is 6.32. The normalized spacial score (nSPS) is 10.7. The molecular weight excluding hydrogens is 336 g/mol. The maximum absolute atomic E-state index is 10.9. The Balaban J connectivity index is 2.02. The summed E-state index contributed by atoms with van der Waals surface area (Å²) in [5, 5.41) is 13.0. The minimum Gasteiger partial charge on any atom is -0.507 e.